The van der Waals surface area contributed by atoms with Gasteiger partial charge in [-0.2, -0.15) is 0 Å². The van der Waals surface area contributed by atoms with E-state index in [0.717, 1.165) is 15.0 Å². The number of aromatic nitrogens is 1. The van der Waals surface area contributed by atoms with Crippen LogP contribution in [0.15, 0.2) is 48.8 Å². The van der Waals surface area contributed by atoms with E-state index < -0.39 is 6.04 Å². The summed E-state index contributed by atoms with van der Waals surface area (Å²) in [5.41, 5.74) is 6.61. The predicted octanol–water partition coefficient (Wildman–Crippen LogP) is 3.48. The Morgan fingerprint density at radius 2 is 2.06 bits per heavy atom. The molecule has 0 radical (unpaired) electrons. The molecule has 0 bridgehead atoms. The first-order chi connectivity index (χ1) is 8.75. The molecule has 1 unspecified atom stereocenters. The van der Waals surface area contributed by atoms with Crippen molar-refractivity contribution in [3.63, 3.8) is 0 Å². The molecule has 3 rings (SSSR count). The summed E-state index contributed by atoms with van der Waals surface area (Å²) in [7, 11) is 0. The molecule has 0 amide bonds. The molecule has 0 aliphatic rings. The Labute approximate surface area is 108 Å². The van der Waals surface area contributed by atoms with Gasteiger partial charge in [-0.05, 0) is 23.6 Å². The van der Waals surface area contributed by atoms with E-state index in [9.17, 15) is 4.39 Å². The minimum absolute atomic E-state index is 0.359. The Balaban J connectivity index is 2.07. The first-order valence-electron chi connectivity index (χ1n) is 5.59. The molecule has 90 valence electrons. The summed E-state index contributed by atoms with van der Waals surface area (Å²) in [5, 5.41) is 1.14. The molecule has 0 saturated heterocycles. The van der Waals surface area contributed by atoms with Gasteiger partial charge in [0.1, 0.15) is 5.82 Å². The highest BCUT2D eigenvalue weighted by molar-refractivity contribution is 7.19. The van der Waals surface area contributed by atoms with Gasteiger partial charge in [0.2, 0.25) is 0 Å². The van der Waals surface area contributed by atoms with Gasteiger partial charge in [0.05, 0.1) is 12.2 Å². The van der Waals surface area contributed by atoms with Crippen LogP contribution in [0.2, 0.25) is 0 Å². The van der Waals surface area contributed by atoms with Crippen molar-refractivity contribution in [1.29, 1.82) is 0 Å². The number of pyridine rings is 1. The van der Waals surface area contributed by atoms with Crippen LogP contribution >= 0.6 is 11.3 Å². The van der Waals surface area contributed by atoms with Crippen LogP contribution < -0.4 is 5.73 Å². The largest absolute Gasteiger partial charge is 0.320 e. The fraction of sp³-hybridized carbons (Fsp3) is 0.0714. The average Bonchev–Trinajstić information content (AvgIpc) is 2.82. The summed E-state index contributed by atoms with van der Waals surface area (Å²) < 4.78 is 14.8. The molecule has 0 fully saturated rings. The molecule has 18 heavy (non-hydrogen) atoms. The molecule has 2 heterocycles. The molecule has 0 aliphatic heterocycles. The van der Waals surface area contributed by atoms with E-state index in [0.29, 0.717) is 5.56 Å². The molecular weight excluding hydrogens is 247 g/mol. The molecule has 3 aromatic rings. The minimum atomic E-state index is -0.439. The smallest absolute Gasteiger partial charge is 0.146 e. The number of nitrogens with zero attached hydrogens (tertiary/aromatic N) is 1. The molecule has 2 aromatic heterocycles. The lowest BCUT2D eigenvalue weighted by Gasteiger charge is -2.09. The monoisotopic (exact) mass is 258 g/mol. The lowest BCUT2D eigenvalue weighted by molar-refractivity contribution is 0.594. The van der Waals surface area contributed by atoms with Crippen molar-refractivity contribution in [2.24, 2.45) is 5.73 Å². The number of hydrogen-bond donors (Lipinski definition) is 1. The molecule has 4 heteroatoms. The van der Waals surface area contributed by atoms with Crippen molar-refractivity contribution in [2.75, 3.05) is 0 Å². The fourth-order valence-corrected chi connectivity index (χ4v) is 3.03. The van der Waals surface area contributed by atoms with Crippen LogP contribution in [0, 0.1) is 5.82 Å². The fourth-order valence-electron chi connectivity index (χ4n) is 1.95. The zero-order chi connectivity index (χ0) is 12.5. The van der Waals surface area contributed by atoms with E-state index in [1.54, 1.807) is 23.6 Å². The summed E-state index contributed by atoms with van der Waals surface area (Å²) in [5.74, 6) is -0.359. The van der Waals surface area contributed by atoms with Crippen LogP contribution in [0.25, 0.3) is 10.1 Å². The molecular formula is C14H11FN2S. The highest BCUT2D eigenvalue weighted by Gasteiger charge is 2.15. The van der Waals surface area contributed by atoms with Gasteiger partial charge in [-0.15, -0.1) is 11.3 Å². The van der Waals surface area contributed by atoms with Crippen molar-refractivity contribution in [3.8, 4) is 0 Å². The van der Waals surface area contributed by atoms with Gasteiger partial charge in [-0.25, -0.2) is 4.39 Å². The van der Waals surface area contributed by atoms with Crippen LogP contribution in [0.5, 0.6) is 0 Å². The van der Waals surface area contributed by atoms with E-state index in [1.165, 1.54) is 6.20 Å². The number of fused-ring (bicyclic) bond motifs is 1. The molecule has 2 N–H and O–H groups in total. The maximum atomic E-state index is 13.6. The second-order valence-corrected chi connectivity index (χ2v) is 5.18. The lowest BCUT2D eigenvalue weighted by Crippen LogP contribution is -2.12. The van der Waals surface area contributed by atoms with Crippen molar-refractivity contribution in [2.45, 2.75) is 6.04 Å². The van der Waals surface area contributed by atoms with E-state index in [1.807, 2.05) is 30.3 Å². The quantitative estimate of drug-likeness (QED) is 0.764. The zero-order valence-electron chi connectivity index (χ0n) is 9.51. The Morgan fingerprint density at radius 1 is 1.22 bits per heavy atom. The van der Waals surface area contributed by atoms with Gasteiger partial charge in [0.25, 0.3) is 0 Å². The van der Waals surface area contributed by atoms with Crippen molar-refractivity contribution in [1.82, 2.24) is 4.98 Å². The van der Waals surface area contributed by atoms with Gasteiger partial charge >= 0.3 is 0 Å². The molecule has 0 aliphatic carbocycles. The number of hydrogen-bond acceptors (Lipinski definition) is 3. The summed E-state index contributed by atoms with van der Waals surface area (Å²) in [6.45, 7) is 0. The van der Waals surface area contributed by atoms with Gasteiger partial charge in [0.15, 0.2) is 0 Å². The third-order valence-electron chi connectivity index (χ3n) is 2.89. The number of benzene rings is 1. The third-order valence-corrected chi connectivity index (χ3v) is 4.09. The second-order valence-electron chi connectivity index (χ2n) is 4.06. The van der Waals surface area contributed by atoms with Gasteiger partial charge in [-0.1, -0.05) is 18.2 Å². The van der Waals surface area contributed by atoms with Crippen LogP contribution in [-0.4, -0.2) is 4.98 Å². The topological polar surface area (TPSA) is 38.9 Å². The number of halogens is 1. The molecule has 1 atom stereocenters. The number of nitrogens with two attached hydrogens (primary N) is 1. The van der Waals surface area contributed by atoms with E-state index >= 15 is 0 Å². The summed E-state index contributed by atoms with van der Waals surface area (Å²) in [4.78, 5) is 4.70. The summed E-state index contributed by atoms with van der Waals surface area (Å²) >= 11 is 1.60. The maximum absolute atomic E-state index is 13.6. The van der Waals surface area contributed by atoms with Crippen LogP contribution in [0.1, 0.15) is 16.5 Å². The predicted molar refractivity (Wildman–Crippen MR) is 72.1 cm³/mol. The normalized spacial score (nSPS) is 12.8. The van der Waals surface area contributed by atoms with Crippen molar-refractivity contribution in [3.05, 3.63) is 65.0 Å². The lowest BCUT2D eigenvalue weighted by atomic mass is 10.1. The van der Waals surface area contributed by atoms with Gasteiger partial charge in [0, 0.05) is 21.3 Å². The highest BCUT2D eigenvalue weighted by Crippen LogP contribution is 2.32. The highest BCUT2D eigenvalue weighted by atomic mass is 32.1. The summed E-state index contributed by atoms with van der Waals surface area (Å²) in [6.07, 6.45) is 2.76. The van der Waals surface area contributed by atoms with Crippen molar-refractivity contribution >= 4 is 21.4 Å². The molecule has 2 nitrogen and oxygen atoms in total. The molecule has 1 aromatic carbocycles. The Hall–Kier alpha value is -1.78. The maximum Gasteiger partial charge on any atom is 0.146 e. The van der Waals surface area contributed by atoms with Crippen molar-refractivity contribution < 1.29 is 4.39 Å². The summed E-state index contributed by atoms with van der Waals surface area (Å²) in [6, 6.07) is 11.3. The number of thiophene rings is 1. The van der Waals surface area contributed by atoms with E-state index in [2.05, 4.69) is 4.98 Å². The Morgan fingerprint density at radius 3 is 2.83 bits per heavy atom. The molecule has 0 saturated carbocycles. The van der Waals surface area contributed by atoms with Crippen LogP contribution in [0.3, 0.4) is 0 Å². The zero-order valence-corrected chi connectivity index (χ0v) is 10.3. The first-order valence-corrected chi connectivity index (χ1v) is 6.41. The third kappa shape index (κ3) is 1.89. The van der Waals surface area contributed by atoms with E-state index in [4.69, 9.17) is 5.73 Å². The van der Waals surface area contributed by atoms with Crippen LogP contribution in [-0.2, 0) is 0 Å². The standard InChI is InChI=1S/C14H11FN2S/c15-11-8-17-6-5-10(11)14(16)13-7-9-3-1-2-4-12(9)18-13/h1-8,14H,16H2. The number of rotatable bonds is 2. The van der Waals surface area contributed by atoms with Gasteiger partial charge < -0.3 is 5.73 Å². The second kappa shape index (κ2) is 4.48. The minimum Gasteiger partial charge on any atom is -0.320 e. The average molecular weight is 258 g/mol. The van der Waals surface area contributed by atoms with Crippen LogP contribution in [0.4, 0.5) is 4.39 Å². The van der Waals surface area contributed by atoms with Gasteiger partial charge in [-0.3, -0.25) is 4.98 Å². The van der Waals surface area contributed by atoms with E-state index in [-0.39, 0.29) is 5.82 Å². The molecule has 0 spiro atoms. The SMILES string of the molecule is NC(c1cc2ccccc2s1)c1ccncc1F. The Bertz CT molecular complexity index is 660. The first kappa shape index (κ1) is 11.3. The Kier molecular flexibility index (Phi) is 2.81.